The molecule has 3 aromatic rings. The Hall–Kier alpha value is -2.67. The van der Waals surface area contributed by atoms with Gasteiger partial charge in [-0.2, -0.15) is 0 Å². The van der Waals surface area contributed by atoms with Gasteiger partial charge in [0.25, 0.3) is 5.91 Å². The van der Waals surface area contributed by atoms with E-state index >= 15 is 0 Å². The van der Waals surface area contributed by atoms with Crippen molar-refractivity contribution in [3.63, 3.8) is 0 Å². The summed E-state index contributed by atoms with van der Waals surface area (Å²) in [6, 6.07) is 9.38. The van der Waals surface area contributed by atoms with Gasteiger partial charge in [0.2, 0.25) is 0 Å². The highest BCUT2D eigenvalue weighted by atomic mass is 32.1. The molecule has 1 aliphatic rings. The lowest BCUT2D eigenvalue weighted by Gasteiger charge is -2.33. The first kappa shape index (κ1) is 25.4. The molecule has 6 nitrogen and oxygen atoms in total. The fourth-order valence-corrected chi connectivity index (χ4v) is 6.09. The molecule has 35 heavy (non-hydrogen) atoms. The molecule has 0 spiro atoms. The van der Waals surface area contributed by atoms with Gasteiger partial charge in [0.15, 0.2) is 0 Å². The number of nitrogens with zero attached hydrogens (tertiary/aromatic N) is 2. The van der Waals surface area contributed by atoms with E-state index in [2.05, 4.69) is 34.3 Å². The van der Waals surface area contributed by atoms with Crippen LogP contribution in [0.3, 0.4) is 0 Å². The number of carboxylic acid groups (broad SMARTS) is 1. The van der Waals surface area contributed by atoms with Crippen molar-refractivity contribution in [1.29, 1.82) is 0 Å². The van der Waals surface area contributed by atoms with Gasteiger partial charge < -0.3 is 15.0 Å². The molecular weight excluding hydrogens is 458 g/mol. The molecular formula is C28H37N3O3S. The van der Waals surface area contributed by atoms with Crippen LogP contribution in [0.15, 0.2) is 35.7 Å². The van der Waals surface area contributed by atoms with Crippen LogP contribution in [0.4, 0.5) is 0 Å². The second-order valence-electron chi connectivity index (χ2n) is 9.99. The molecule has 188 valence electrons. The molecule has 2 N–H and O–H groups in total. The number of rotatable bonds is 10. The van der Waals surface area contributed by atoms with Crippen LogP contribution >= 0.6 is 11.3 Å². The minimum Gasteiger partial charge on any atom is -0.480 e. The maximum Gasteiger partial charge on any atom is 0.326 e. The molecule has 1 amide bonds. The third kappa shape index (κ3) is 5.77. The smallest absolute Gasteiger partial charge is 0.326 e. The number of aromatic nitrogens is 2. The molecule has 4 atom stereocenters. The van der Waals surface area contributed by atoms with E-state index < -0.39 is 12.0 Å². The summed E-state index contributed by atoms with van der Waals surface area (Å²) in [6.45, 7) is 6.31. The summed E-state index contributed by atoms with van der Waals surface area (Å²) in [5, 5.41) is 14.4. The van der Waals surface area contributed by atoms with Crippen LogP contribution in [0.1, 0.15) is 92.8 Å². The van der Waals surface area contributed by atoms with Gasteiger partial charge in [-0.15, -0.1) is 11.3 Å². The first-order chi connectivity index (χ1) is 16.9. The van der Waals surface area contributed by atoms with Crippen molar-refractivity contribution in [3.05, 3.63) is 52.0 Å². The lowest BCUT2D eigenvalue weighted by atomic mass is 9.82. The molecule has 1 saturated carbocycles. The number of amides is 1. The lowest BCUT2D eigenvalue weighted by molar-refractivity contribution is -0.139. The number of imidazole rings is 1. The third-order valence-electron chi connectivity index (χ3n) is 7.60. The van der Waals surface area contributed by atoms with Crippen molar-refractivity contribution < 1.29 is 14.7 Å². The number of aliphatic carboxylic acids is 1. The van der Waals surface area contributed by atoms with Crippen molar-refractivity contribution in [3.8, 4) is 0 Å². The van der Waals surface area contributed by atoms with E-state index in [1.807, 2.05) is 32.0 Å². The summed E-state index contributed by atoms with van der Waals surface area (Å²) in [5.41, 5.74) is 2.32. The second kappa shape index (κ2) is 11.4. The molecule has 0 saturated heterocycles. The fraction of sp³-hybridized carbons (Fsp3) is 0.536. The Labute approximate surface area is 211 Å². The number of carboxylic acids is 1. The predicted molar refractivity (Wildman–Crippen MR) is 141 cm³/mol. The van der Waals surface area contributed by atoms with Crippen LogP contribution in [0.2, 0.25) is 0 Å². The average Bonchev–Trinajstić information content (AvgIpc) is 3.50. The summed E-state index contributed by atoms with van der Waals surface area (Å²) < 4.78 is 2.44. The fourth-order valence-electron chi connectivity index (χ4n) is 5.39. The maximum absolute atomic E-state index is 13.0. The van der Waals surface area contributed by atoms with Crippen LogP contribution in [0.5, 0.6) is 0 Å². The van der Waals surface area contributed by atoms with E-state index in [-0.39, 0.29) is 11.8 Å². The Morgan fingerprint density at radius 3 is 2.71 bits per heavy atom. The zero-order valence-electron chi connectivity index (χ0n) is 21.0. The van der Waals surface area contributed by atoms with E-state index in [1.54, 1.807) is 11.3 Å². The third-order valence-corrected chi connectivity index (χ3v) is 8.48. The van der Waals surface area contributed by atoms with E-state index in [0.717, 1.165) is 42.5 Å². The standard InChI is InChI=1S/C28H37N3O3S/c1-4-18(3)15-23(28(33)34)30-27(32)20-12-13-25-22(16-20)29-26(17-21-10-8-14-35-21)31(25)24-11-7-6-9-19(24)5-2/h8,10,12-14,16,18-19,23-24H,4-7,9,11,15,17H2,1-3H3,(H,30,32)(H,33,34). The van der Waals surface area contributed by atoms with E-state index in [1.165, 1.54) is 24.1 Å². The van der Waals surface area contributed by atoms with E-state index in [4.69, 9.17) is 4.98 Å². The largest absolute Gasteiger partial charge is 0.480 e. The van der Waals surface area contributed by atoms with Gasteiger partial charge in [0, 0.05) is 22.9 Å². The summed E-state index contributed by atoms with van der Waals surface area (Å²) >= 11 is 1.74. The van der Waals surface area contributed by atoms with Crippen molar-refractivity contribution in [2.45, 2.75) is 84.2 Å². The first-order valence-corrected chi connectivity index (χ1v) is 13.9. The lowest BCUT2D eigenvalue weighted by Crippen LogP contribution is -2.41. The number of carbonyl (C=O) groups excluding carboxylic acids is 1. The van der Waals surface area contributed by atoms with Crippen molar-refractivity contribution in [2.24, 2.45) is 11.8 Å². The van der Waals surface area contributed by atoms with Crippen LogP contribution in [0, 0.1) is 11.8 Å². The Balaban J connectivity index is 1.68. The molecule has 2 heterocycles. The monoisotopic (exact) mass is 495 g/mol. The van der Waals surface area contributed by atoms with Crippen LogP contribution in [0.25, 0.3) is 11.0 Å². The topological polar surface area (TPSA) is 84.2 Å². The minimum absolute atomic E-state index is 0.219. The molecule has 2 aromatic heterocycles. The van der Waals surface area contributed by atoms with E-state index in [0.29, 0.717) is 23.9 Å². The summed E-state index contributed by atoms with van der Waals surface area (Å²) in [7, 11) is 0. The number of hydrogen-bond acceptors (Lipinski definition) is 4. The van der Waals surface area contributed by atoms with Gasteiger partial charge in [-0.3, -0.25) is 4.79 Å². The number of nitrogens with one attached hydrogen (secondary N) is 1. The number of hydrogen-bond donors (Lipinski definition) is 2. The summed E-state index contributed by atoms with van der Waals surface area (Å²) in [5.74, 6) is 0.538. The molecule has 0 radical (unpaired) electrons. The maximum atomic E-state index is 13.0. The van der Waals surface area contributed by atoms with E-state index in [9.17, 15) is 14.7 Å². The zero-order valence-corrected chi connectivity index (χ0v) is 21.8. The van der Waals surface area contributed by atoms with Gasteiger partial charge >= 0.3 is 5.97 Å². The molecule has 1 aromatic carbocycles. The van der Waals surface area contributed by atoms with Gasteiger partial charge in [-0.1, -0.05) is 52.5 Å². The van der Waals surface area contributed by atoms with Crippen LogP contribution in [-0.2, 0) is 11.2 Å². The number of carbonyl (C=O) groups is 2. The Morgan fingerprint density at radius 1 is 1.23 bits per heavy atom. The molecule has 4 unspecified atom stereocenters. The van der Waals surface area contributed by atoms with Crippen LogP contribution in [-0.4, -0.2) is 32.6 Å². The van der Waals surface area contributed by atoms with Gasteiger partial charge in [0.05, 0.1) is 11.0 Å². The first-order valence-electron chi connectivity index (χ1n) is 13.0. The summed E-state index contributed by atoms with van der Waals surface area (Å²) in [4.78, 5) is 31.0. The van der Waals surface area contributed by atoms with Gasteiger partial charge in [0.1, 0.15) is 11.9 Å². The Kier molecular flexibility index (Phi) is 8.26. The highest BCUT2D eigenvalue weighted by Crippen LogP contribution is 2.39. The molecule has 0 aliphatic heterocycles. The zero-order chi connectivity index (χ0) is 24.9. The quantitative estimate of drug-likeness (QED) is 0.338. The Morgan fingerprint density at radius 2 is 2.03 bits per heavy atom. The molecule has 7 heteroatoms. The van der Waals surface area contributed by atoms with Crippen molar-refractivity contribution >= 4 is 34.2 Å². The number of fused-ring (bicyclic) bond motifs is 1. The van der Waals surface area contributed by atoms with Crippen molar-refractivity contribution in [1.82, 2.24) is 14.9 Å². The SMILES string of the molecule is CCC(C)CC(NC(=O)c1ccc2c(c1)nc(Cc1cccs1)n2C1CCCCC1CC)C(=O)O. The second-order valence-corrected chi connectivity index (χ2v) is 11.0. The molecule has 1 fully saturated rings. The highest BCUT2D eigenvalue weighted by Gasteiger charge is 2.29. The van der Waals surface area contributed by atoms with Gasteiger partial charge in [-0.25, -0.2) is 9.78 Å². The van der Waals surface area contributed by atoms with Crippen LogP contribution < -0.4 is 5.32 Å². The predicted octanol–water partition coefficient (Wildman–Crippen LogP) is 6.45. The highest BCUT2D eigenvalue weighted by molar-refractivity contribution is 7.09. The number of thiophene rings is 1. The van der Waals surface area contributed by atoms with Crippen molar-refractivity contribution in [2.75, 3.05) is 0 Å². The molecule has 1 aliphatic carbocycles. The summed E-state index contributed by atoms with van der Waals surface area (Å²) in [6.07, 6.45) is 8.12. The number of benzene rings is 1. The van der Waals surface area contributed by atoms with Gasteiger partial charge in [-0.05, 0) is 60.7 Å². The Bertz CT molecular complexity index is 1150. The minimum atomic E-state index is -0.995. The molecule has 4 rings (SSSR count). The molecule has 0 bridgehead atoms. The average molecular weight is 496 g/mol. The normalized spacial score (nSPS) is 20.0.